The summed E-state index contributed by atoms with van der Waals surface area (Å²) < 4.78 is 7.23. The van der Waals surface area contributed by atoms with Gasteiger partial charge in [0.1, 0.15) is 6.33 Å². The molecule has 8 heteroatoms. The number of carboxylic acids is 1. The lowest BCUT2D eigenvalue weighted by molar-refractivity contribution is -0.137. The fourth-order valence-electron chi connectivity index (χ4n) is 2.68. The van der Waals surface area contributed by atoms with E-state index >= 15 is 0 Å². The molecule has 3 rings (SSSR count). The average Bonchev–Trinajstić information content (AvgIpc) is 3.20. The summed E-state index contributed by atoms with van der Waals surface area (Å²) >= 11 is 0. The molecule has 8 nitrogen and oxygen atoms in total. The van der Waals surface area contributed by atoms with Crippen molar-refractivity contribution in [3.8, 4) is 0 Å². The largest absolute Gasteiger partial charge is 0.481 e. The third-order valence-corrected chi connectivity index (χ3v) is 3.87. The van der Waals surface area contributed by atoms with Crippen molar-refractivity contribution in [2.75, 3.05) is 19.7 Å². The van der Waals surface area contributed by atoms with Gasteiger partial charge in [-0.25, -0.2) is 0 Å². The maximum atomic E-state index is 12.7. The predicted molar refractivity (Wildman–Crippen MR) is 80.1 cm³/mol. The van der Waals surface area contributed by atoms with Crippen LogP contribution in [-0.4, -0.2) is 62.3 Å². The van der Waals surface area contributed by atoms with Crippen molar-refractivity contribution in [2.24, 2.45) is 0 Å². The molecular weight excluding hydrogens is 300 g/mol. The minimum Gasteiger partial charge on any atom is -0.481 e. The minimum atomic E-state index is -0.926. The van der Waals surface area contributed by atoms with Gasteiger partial charge in [0.15, 0.2) is 5.65 Å². The predicted octanol–water partition coefficient (Wildman–Crippen LogP) is 0.825. The van der Waals surface area contributed by atoms with Crippen LogP contribution in [0.1, 0.15) is 29.6 Å². The highest BCUT2D eigenvalue weighted by atomic mass is 16.5. The monoisotopic (exact) mass is 318 g/mol. The van der Waals surface area contributed by atoms with Crippen LogP contribution in [0, 0.1) is 0 Å². The van der Waals surface area contributed by atoms with E-state index in [9.17, 15) is 9.59 Å². The van der Waals surface area contributed by atoms with Crippen LogP contribution >= 0.6 is 0 Å². The number of rotatable bonds is 6. The molecular formula is C15H18N4O4. The standard InChI is InChI=1S/C15H18N4O4/c20-14(21)5-6-18(9-12-2-1-7-23-12)15(22)11-3-4-13-17-16-10-19(13)8-11/h3-4,8,10,12H,1-2,5-7,9H2,(H,20,21)/t12-/m1/s1. The van der Waals surface area contributed by atoms with Crippen LogP contribution in [0.25, 0.3) is 5.65 Å². The molecule has 1 amide bonds. The Morgan fingerprint density at radius 2 is 2.30 bits per heavy atom. The van der Waals surface area contributed by atoms with Crippen molar-refractivity contribution in [3.63, 3.8) is 0 Å². The van der Waals surface area contributed by atoms with E-state index in [1.54, 1.807) is 27.6 Å². The van der Waals surface area contributed by atoms with Gasteiger partial charge in [0.25, 0.3) is 5.91 Å². The summed E-state index contributed by atoms with van der Waals surface area (Å²) in [4.78, 5) is 25.1. The summed E-state index contributed by atoms with van der Waals surface area (Å²) in [6, 6.07) is 3.39. The molecule has 1 saturated heterocycles. The molecule has 3 heterocycles. The second kappa shape index (κ2) is 6.74. The molecule has 0 unspecified atom stereocenters. The third kappa shape index (κ3) is 3.65. The molecule has 0 aromatic carbocycles. The number of fused-ring (bicyclic) bond motifs is 1. The summed E-state index contributed by atoms with van der Waals surface area (Å²) in [5.74, 6) is -1.14. The Labute approximate surface area is 132 Å². The Kier molecular flexibility index (Phi) is 4.52. The van der Waals surface area contributed by atoms with Crippen LogP contribution in [-0.2, 0) is 9.53 Å². The first-order valence-electron chi connectivity index (χ1n) is 7.55. The molecule has 2 aromatic rings. The molecule has 1 fully saturated rings. The lowest BCUT2D eigenvalue weighted by Crippen LogP contribution is -2.38. The van der Waals surface area contributed by atoms with Gasteiger partial charge in [-0.15, -0.1) is 10.2 Å². The van der Waals surface area contributed by atoms with Gasteiger partial charge in [0, 0.05) is 25.9 Å². The van der Waals surface area contributed by atoms with Crippen molar-refractivity contribution >= 4 is 17.5 Å². The third-order valence-electron chi connectivity index (χ3n) is 3.87. The number of carbonyl (C=O) groups is 2. The van der Waals surface area contributed by atoms with Gasteiger partial charge in [-0.05, 0) is 25.0 Å². The quantitative estimate of drug-likeness (QED) is 0.847. The number of nitrogens with zero attached hydrogens (tertiary/aromatic N) is 4. The van der Waals surface area contributed by atoms with E-state index in [4.69, 9.17) is 9.84 Å². The van der Waals surface area contributed by atoms with E-state index in [1.807, 2.05) is 0 Å². The molecule has 122 valence electrons. The number of aliphatic carboxylic acids is 1. The van der Waals surface area contributed by atoms with E-state index in [1.165, 1.54) is 6.33 Å². The van der Waals surface area contributed by atoms with Crippen molar-refractivity contribution in [3.05, 3.63) is 30.2 Å². The summed E-state index contributed by atoms with van der Waals surface area (Å²) in [5.41, 5.74) is 1.12. The van der Waals surface area contributed by atoms with Crippen molar-refractivity contribution in [1.29, 1.82) is 0 Å². The molecule has 0 radical (unpaired) electrons. The number of ether oxygens (including phenoxy) is 1. The Morgan fingerprint density at radius 3 is 3.04 bits per heavy atom. The van der Waals surface area contributed by atoms with Gasteiger partial charge < -0.3 is 14.7 Å². The maximum absolute atomic E-state index is 12.7. The molecule has 2 aromatic heterocycles. The highest BCUT2D eigenvalue weighted by Crippen LogP contribution is 2.16. The second-order valence-corrected chi connectivity index (χ2v) is 5.54. The topological polar surface area (TPSA) is 97.0 Å². The van der Waals surface area contributed by atoms with Crippen molar-refractivity contribution < 1.29 is 19.4 Å². The van der Waals surface area contributed by atoms with Crippen LogP contribution in [0.4, 0.5) is 0 Å². The molecule has 1 aliphatic heterocycles. The fourth-order valence-corrected chi connectivity index (χ4v) is 2.68. The van der Waals surface area contributed by atoms with E-state index in [2.05, 4.69) is 10.2 Å². The molecule has 0 aliphatic carbocycles. The van der Waals surface area contributed by atoms with Crippen molar-refractivity contribution in [1.82, 2.24) is 19.5 Å². The van der Waals surface area contributed by atoms with Gasteiger partial charge in [0.2, 0.25) is 0 Å². The highest BCUT2D eigenvalue weighted by molar-refractivity contribution is 5.94. The summed E-state index contributed by atoms with van der Waals surface area (Å²) in [6.07, 6.45) is 4.92. The number of carboxylic acid groups (broad SMARTS) is 1. The molecule has 0 saturated carbocycles. The lowest BCUT2D eigenvalue weighted by atomic mass is 10.2. The van der Waals surface area contributed by atoms with E-state index < -0.39 is 5.97 Å². The molecule has 0 bridgehead atoms. The average molecular weight is 318 g/mol. The Hall–Kier alpha value is -2.48. The minimum absolute atomic E-state index is 0.0219. The summed E-state index contributed by atoms with van der Waals surface area (Å²) in [6.45, 7) is 1.26. The number of hydrogen-bond donors (Lipinski definition) is 1. The van der Waals surface area contributed by atoms with Gasteiger partial charge in [-0.3, -0.25) is 14.0 Å². The van der Waals surface area contributed by atoms with Gasteiger partial charge in [0.05, 0.1) is 18.1 Å². The zero-order valence-corrected chi connectivity index (χ0v) is 12.6. The van der Waals surface area contributed by atoms with Gasteiger partial charge >= 0.3 is 5.97 Å². The highest BCUT2D eigenvalue weighted by Gasteiger charge is 2.24. The Bertz CT molecular complexity index is 708. The molecule has 23 heavy (non-hydrogen) atoms. The summed E-state index contributed by atoms with van der Waals surface area (Å²) in [7, 11) is 0. The van der Waals surface area contributed by atoms with Crippen LogP contribution in [0.15, 0.2) is 24.7 Å². The van der Waals surface area contributed by atoms with Gasteiger partial charge in [-0.1, -0.05) is 0 Å². The second-order valence-electron chi connectivity index (χ2n) is 5.54. The molecule has 1 aliphatic rings. The maximum Gasteiger partial charge on any atom is 0.305 e. The zero-order chi connectivity index (χ0) is 16.2. The number of pyridine rings is 1. The zero-order valence-electron chi connectivity index (χ0n) is 12.6. The SMILES string of the molecule is O=C(O)CCN(C[C@H]1CCCO1)C(=O)c1ccc2nncn2c1. The molecule has 0 spiro atoms. The van der Waals surface area contributed by atoms with Gasteiger partial charge in [-0.2, -0.15) is 0 Å². The van der Waals surface area contributed by atoms with E-state index in [0.717, 1.165) is 12.8 Å². The Morgan fingerprint density at radius 1 is 1.43 bits per heavy atom. The lowest BCUT2D eigenvalue weighted by Gasteiger charge is -2.25. The van der Waals surface area contributed by atoms with E-state index in [-0.39, 0.29) is 25.0 Å². The number of aromatic nitrogens is 3. The van der Waals surface area contributed by atoms with Crippen LogP contribution in [0.5, 0.6) is 0 Å². The normalized spacial score (nSPS) is 17.5. The number of hydrogen-bond acceptors (Lipinski definition) is 5. The van der Waals surface area contributed by atoms with Crippen molar-refractivity contribution in [2.45, 2.75) is 25.4 Å². The van der Waals surface area contributed by atoms with Crippen LogP contribution in [0.2, 0.25) is 0 Å². The number of carbonyl (C=O) groups excluding carboxylic acids is 1. The molecule has 1 N–H and O–H groups in total. The first kappa shape index (κ1) is 15.4. The molecule has 1 atom stereocenters. The van der Waals surface area contributed by atoms with Crippen LogP contribution < -0.4 is 0 Å². The van der Waals surface area contributed by atoms with Crippen LogP contribution in [0.3, 0.4) is 0 Å². The summed E-state index contributed by atoms with van der Waals surface area (Å²) in [5, 5.41) is 16.6. The fraction of sp³-hybridized carbons (Fsp3) is 0.467. The smallest absolute Gasteiger partial charge is 0.305 e. The Balaban J connectivity index is 1.77. The van der Waals surface area contributed by atoms with E-state index in [0.29, 0.717) is 24.4 Å². The number of amides is 1. The first-order valence-corrected chi connectivity index (χ1v) is 7.55. The first-order chi connectivity index (χ1) is 11.1.